The molecule has 180 valence electrons. The summed E-state index contributed by atoms with van der Waals surface area (Å²) in [5.41, 5.74) is 3.49. The summed E-state index contributed by atoms with van der Waals surface area (Å²) < 4.78 is 10.7. The van der Waals surface area contributed by atoms with Crippen molar-refractivity contribution in [3.05, 3.63) is 89.0 Å². The average molecular weight is 473 g/mol. The van der Waals surface area contributed by atoms with Gasteiger partial charge in [-0.2, -0.15) is 0 Å². The van der Waals surface area contributed by atoms with Crippen molar-refractivity contribution in [1.29, 1.82) is 0 Å². The van der Waals surface area contributed by atoms with Gasteiger partial charge in [0.2, 0.25) is 0 Å². The molecule has 1 aliphatic heterocycles. The summed E-state index contributed by atoms with van der Waals surface area (Å²) in [6, 6.07) is 19.7. The summed E-state index contributed by atoms with van der Waals surface area (Å²) in [5.74, 6) is 0. The Kier molecular flexibility index (Phi) is 5.09. The van der Waals surface area contributed by atoms with Crippen molar-refractivity contribution in [2.45, 2.75) is 52.7 Å². The zero-order valence-corrected chi connectivity index (χ0v) is 22.0. The molecule has 4 aromatic rings. The molecule has 0 radical (unpaired) electrons. The van der Waals surface area contributed by atoms with Crippen LogP contribution in [0.5, 0.6) is 0 Å². The lowest BCUT2D eigenvalue weighted by Crippen LogP contribution is -2.41. The number of hydrogen-bond donors (Lipinski definition) is 0. The zero-order valence-electron chi connectivity index (χ0n) is 22.0. The average Bonchev–Trinajstić information content (AvgIpc) is 3.33. The third kappa shape index (κ3) is 3.47. The molecule has 0 atom stereocenters. The summed E-state index contributed by atoms with van der Waals surface area (Å²) in [6.45, 7) is 12.7. The van der Waals surface area contributed by atoms with Crippen LogP contribution in [-0.2, 0) is 9.31 Å². The van der Waals surface area contributed by atoms with E-state index >= 15 is 0 Å². The van der Waals surface area contributed by atoms with E-state index in [-0.39, 0.29) is 16.6 Å². The summed E-state index contributed by atoms with van der Waals surface area (Å²) in [4.78, 5) is 5.27. The molecule has 1 saturated heterocycles. The van der Waals surface area contributed by atoms with E-state index in [4.69, 9.17) is 14.3 Å². The van der Waals surface area contributed by atoms with Gasteiger partial charge in [-0.3, -0.25) is 0 Å². The highest BCUT2D eigenvalue weighted by atomic mass is 16.7. The molecule has 0 bridgehead atoms. The van der Waals surface area contributed by atoms with Crippen LogP contribution >= 0.6 is 0 Å². The second-order valence-electron chi connectivity index (χ2n) is 11.6. The molecule has 0 saturated carbocycles. The third-order valence-electron chi connectivity index (χ3n) is 8.30. The molecule has 0 spiro atoms. The SMILES string of the molecule is CC1(C)C=CC=C2C=c3cc4c5ccccc5c5ccccc5c4nc3=C21.CC1(C)OBOC1(C)C. The van der Waals surface area contributed by atoms with Crippen molar-refractivity contribution in [2.24, 2.45) is 5.41 Å². The fourth-order valence-corrected chi connectivity index (χ4v) is 5.46. The van der Waals surface area contributed by atoms with Crippen molar-refractivity contribution < 1.29 is 9.31 Å². The molecule has 0 unspecified atom stereocenters. The number of benzene rings is 3. The largest absolute Gasteiger partial charge is 0.439 e. The first-order valence-electron chi connectivity index (χ1n) is 12.7. The van der Waals surface area contributed by atoms with Gasteiger partial charge >= 0.3 is 7.69 Å². The highest BCUT2D eigenvalue weighted by Crippen LogP contribution is 2.39. The van der Waals surface area contributed by atoms with Crippen LogP contribution in [-0.4, -0.2) is 23.9 Å². The lowest BCUT2D eigenvalue weighted by atomic mass is 9.78. The van der Waals surface area contributed by atoms with E-state index in [1.165, 1.54) is 43.3 Å². The molecule has 2 aliphatic carbocycles. The maximum absolute atomic E-state index is 5.33. The van der Waals surface area contributed by atoms with E-state index in [0.717, 1.165) is 10.9 Å². The number of hydrogen-bond acceptors (Lipinski definition) is 3. The van der Waals surface area contributed by atoms with Gasteiger partial charge in [-0.1, -0.05) is 80.6 Å². The van der Waals surface area contributed by atoms with Crippen LogP contribution in [0.4, 0.5) is 0 Å². The first-order valence-corrected chi connectivity index (χ1v) is 12.7. The number of fused-ring (bicyclic) bond motifs is 8. The van der Waals surface area contributed by atoms with Crippen LogP contribution < -0.4 is 10.6 Å². The maximum atomic E-state index is 5.33. The topological polar surface area (TPSA) is 31.4 Å². The number of rotatable bonds is 0. The second-order valence-corrected chi connectivity index (χ2v) is 11.6. The maximum Gasteiger partial charge on any atom is 0.439 e. The van der Waals surface area contributed by atoms with Crippen LogP contribution in [0, 0.1) is 5.41 Å². The van der Waals surface area contributed by atoms with E-state index in [0.29, 0.717) is 7.69 Å². The van der Waals surface area contributed by atoms with Crippen molar-refractivity contribution in [3.63, 3.8) is 0 Å². The normalized spacial score (nSPS) is 20.3. The highest BCUT2D eigenvalue weighted by Gasteiger charge is 2.44. The number of aromatic nitrogens is 1. The van der Waals surface area contributed by atoms with E-state index in [2.05, 4.69) is 92.7 Å². The number of allylic oxidation sites excluding steroid dienone is 4. The molecule has 1 fully saturated rings. The fourth-order valence-electron chi connectivity index (χ4n) is 5.46. The van der Waals surface area contributed by atoms with Crippen LogP contribution in [0.3, 0.4) is 0 Å². The Balaban J connectivity index is 0.000000228. The number of pyridine rings is 1. The van der Waals surface area contributed by atoms with E-state index < -0.39 is 0 Å². The third-order valence-corrected chi connectivity index (χ3v) is 8.30. The van der Waals surface area contributed by atoms with Crippen molar-refractivity contribution >= 4 is 51.8 Å². The molecule has 2 heterocycles. The minimum atomic E-state index is -0.132. The minimum Gasteiger partial charge on any atom is -0.406 e. The van der Waals surface area contributed by atoms with Gasteiger partial charge < -0.3 is 9.31 Å². The van der Waals surface area contributed by atoms with Gasteiger partial charge in [-0.15, -0.1) is 0 Å². The summed E-state index contributed by atoms with van der Waals surface area (Å²) in [6.07, 6.45) is 8.96. The molecule has 36 heavy (non-hydrogen) atoms. The number of nitrogens with zero attached hydrogens (tertiary/aromatic N) is 1. The molecule has 4 heteroatoms. The van der Waals surface area contributed by atoms with Gasteiger partial charge in [0.25, 0.3) is 0 Å². The second kappa shape index (κ2) is 7.90. The monoisotopic (exact) mass is 473 g/mol. The summed E-state index contributed by atoms with van der Waals surface area (Å²) in [5, 5.41) is 8.71. The minimum absolute atomic E-state index is 0.000831. The molecular formula is C32H32BNO2. The van der Waals surface area contributed by atoms with E-state index in [1.807, 2.05) is 27.7 Å². The Hall–Kier alpha value is -3.21. The Bertz CT molecular complexity index is 1730. The molecule has 3 nitrogen and oxygen atoms in total. The Morgan fingerprint density at radius 1 is 0.722 bits per heavy atom. The lowest BCUT2D eigenvalue weighted by molar-refractivity contribution is 0.00578. The Morgan fingerprint density at radius 2 is 1.28 bits per heavy atom. The van der Waals surface area contributed by atoms with Gasteiger partial charge in [0, 0.05) is 21.4 Å². The molecule has 3 aromatic carbocycles. The Morgan fingerprint density at radius 3 is 1.86 bits per heavy atom. The van der Waals surface area contributed by atoms with Gasteiger partial charge in [0.15, 0.2) is 0 Å². The quantitative estimate of drug-likeness (QED) is 0.237. The zero-order chi connectivity index (χ0) is 25.3. The van der Waals surface area contributed by atoms with Crippen LogP contribution in [0.25, 0.3) is 44.1 Å². The van der Waals surface area contributed by atoms with Crippen molar-refractivity contribution in [2.75, 3.05) is 0 Å². The predicted molar refractivity (Wildman–Crippen MR) is 152 cm³/mol. The predicted octanol–water partition coefficient (Wildman–Crippen LogP) is 5.87. The van der Waals surface area contributed by atoms with Crippen LogP contribution in [0.1, 0.15) is 41.5 Å². The van der Waals surface area contributed by atoms with Crippen LogP contribution in [0.15, 0.2) is 78.4 Å². The van der Waals surface area contributed by atoms with Gasteiger partial charge in [0.05, 0.1) is 22.1 Å². The van der Waals surface area contributed by atoms with E-state index in [1.54, 1.807) is 0 Å². The molecule has 3 aliphatic rings. The summed E-state index contributed by atoms with van der Waals surface area (Å²) in [7, 11) is 0.431. The lowest BCUT2D eigenvalue weighted by Gasteiger charge is -2.32. The fraction of sp³-hybridized carbons (Fsp3) is 0.281. The molecule has 0 amide bonds. The van der Waals surface area contributed by atoms with Gasteiger partial charge in [-0.25, -0.2) is 4.98 Å². The molecule has 1 aromatic heterocycles. The molecule has 7 rings (SSSR count). The van der Waals surface area contributed by atoms with Crippen molar-refractivity contribution in [3.8, 4) is 0 Å². The smallest absolute Gasteiger partial charge is 0.406 e. The highest BCUT2D eigenvalue weighted by molar-refractivity contribution is 6.24. The Labute approximate surface area is 213 Å². The molecular weight excluding hydrogens is 441 g/mol. The first-order chi connectivity index (χ1) is 17.1. The first kappa shape index (κ1) is 23.2. The molecule has 0 N–H and O–H groups in total. The van der Waals surface area contributed by atoms with Crippen LogP contribution in [0.2, 0.25) is 0 Å². The van der Waals surface area contributed by atoms with Gasteiger partial charge in [0.1, 0.15) is 0 Å². The van der Waals surface area contributed by atoms with Crippen molar-refractivity contribution in [1.82, 2.24) is 4.98 Å². The summed E-state index contributed by atoms with van der Waals surface area (Å²) >= 11 is 0. The standard InChI is InChI=1S/C26H19N.C6H13BO2/c1-26(2)13-7-8-16-14-17-15-22-20-11-4-3-9-18(20)19-10-5-6-12-21(19)25(22)27-24(17)23(16)26;1-5(2)6(3,4)9-7-8-5/h3-15H,1-2H3;7H,1-4H3. The van der Waals surface area contributed by atoms with Gasteiger partial charge in [-0.05, 0) is 67.1 Å². The van der Waals surface area contributed by atoms with E-state index in [9.17, 15) is 0 Å².